The second-order valence-corrected chi connectivity index (χ2v) is 3.14. The number of hydrogen-bond donors (Lipinski definition) is 2. The molecule has 4 heteroatoms. The molecule has 0 radical (unpaired) electrons. The van der Waals surface area contributed by atoms with E-state index >= 15 is 0 Å². The van der Waals surface area contributed by atoms with Crippen LogP contribution in [0.1, 0.15) is 38.5 Å². The van der Waals surface area contributed by atoms with Crippen LogP contribution in [-0.2, 0) is 4.79 Å². The van der Waals surface area contributed by atoms with E-state index < -0.39 is 12.1 Å². The number of carboxylic acids is 1. The number of carbonyl (C=O) groups is 1. The van der Waals surface area contributed by atoms with Gasteiger partial charge in [-0.05, 0) is 12.8 Å². The van der Waals surface area contributed by atoms with Crippen LogP contribution in [0.2, 0.25) is 0 Å². The van der Waals surface area contributed by atoms with Gasteiger partial charge in [-0.2, -0.15) is 0 Å². The standard InChI is InChI=1S/C9H17FO3/c10-6-4-2-1-3-5-8(11)7-9(12)13/h8,11H,1-7H2,(H,12,13). The van der Waals surface area contributed by atoms with E-state index in [-0.39, 0.29) is 13.1 Å². The summed E-state index contributed by atoms with van der Waals surface area (Å²) in [5.41, 5.74) is 0. The smallest absolute Gasteiger partial charge is 0.305 e. The molecule has 0 aromatic carbocycles. The van der Waals surface area contributed by atoms with Crippen LogP contribution >= 0.6 is 0 Å². The Bertz CT molecular complexity index is 139. The molecular weight excluding hydrogens is 175 g/mol. The van der Waals surface area contributed by atoms with Crippen molar-refractivity contribution in [3.05, 3.63) is 0 Å². The van der Waals surface area contributed by atoms with Gasteiger partial charge in [0.05, 0.1) is 19.2 Å². The van der Waals surface area contributed by atoms with E-state index in [9.17, 15) is 9.18 Å². The van der Waals surface area contributed by atoms with Crippen LogP contribution in [0.4, 0.5) is 4.39 Å². The summed E-state index contributed by atoms with van der Waals surface area (Å²) in [7, 11) is 0. The molecule has 1 unspecified atom stereocenters. The summed E-state index contributed by atoms with van der Waals surface area (Å²) in [6, 6.07) is 0. The molecule has 0 spiro atoms. The molecule has 0 aromatic heterocycles. The third-order valence-electron chi connectivity index (χ3n) is 1.83. The maximum Gasteiger partial charge on any atom is 0.305 e. The third kappa shape index (κ3) is 9.27. The largest absolute Gasteiger partial charge is 0.481 e. The molecule has 3 nitrogen and oxygen atoms in total. The van der Waals surface area contributed by atoms with E-state index in [0.29, 0.717) is 12.8 Å². The van der Waals surface area contributed by atoms with E-state index in [1.807, 2.05) is 0 Å². The van der Waals surface area contributed by atoms with Gasteiger partial charge in [-0.3, -0.25) is 9.18 Å². The molecule has 0 aliphatic carbocycles. The second-order valence-electron chi connectivity index (χ2n) is 3.14. The Morgan fingerprint density at radius 1 is 1.23 bits per heavy atom. The number of hydrogen-bond acceptors (Lipinski definition) is 2. The molecule has 0 heterocycles. The Labute approximate surface area is 77.6 Å². The molecule has 0 aromatic rings. The Morgan fingerprint density at radius 3 is 2.38 bits per heavy atom. The minimum absolute atomic E-state index is 0.191. The fraction of sp³-hybridized carbons (Fsp3) is 0.889. The Hall–Kier alpha value is -0.640. The van der Waals surface area contributed by atoms with Crippen molar-refractivity contribution in [1.82, 2.24) is 0 Å². The van der Waals surface area contributed by atoms with Crippen LogP contribution in [0.25, 0.3) is 0 Å². The van der Waals surface area contributed by atoms with Crippen molar-refractivity contribution in [3.63, 3.8) is 0 Å². The predicted molar refractivity (Wildman–Crippen MR) is 47.3 cm³/mol. The molecule has 0 saturated carbocycles. The number of aliphatic hydroxyl groups is 1. The molecular formula is C9H17FO3. The fourth-order valence-corrected chi connectivity index (χ4v) is 1.13. The summed E-state index contributed by atoms with van der Waals surface area (Å²) in [5, 5.41) is 17.4. The van der Waals surface area contributed by atoms with Crippen molar-refractivity contribution < 1.29 is 19.4 Å². The number of unbranched alkanes of at least 4 members (excludes halogenated alkanes) is 3. The quantitative estimate of drug-likeness (QED) is 0.576. The van der Waals surface area contributed by atoms with Gasteiger partial charge in [0.25, 0.3) is 0 Å². The maximum absolute atomic E-state index is 11.6. The monoisotopic (exact) mass is 192 g/mol. The summed E-state index contributed by atoms with van der Waals surface area (Å²) in [6.07, 6.45) is 2.57. The number of aliphatic hydroxyl groups excluding tert-OH is 1. The minimum atomic E-state index is -0.976. The first kappa shape index (κ1) is 12.4. The lowest BCUT2D eigenvalue weighted by Gasteiger charge is -2.06. The maximum atomic E-state index is 11.6. The summed E-state index contributed by atoms with van der Waals surface area (Å²) in [4.78, 5) is 10.1. The van der Waals surface area contributed by atoms with Gasteiger partial charge in [-0.25, -0.2) is 0 Å². The lowest BCUT2D eigenvalue weighted by molar-refractivity contribution is -0.139. The molecule has 0 aliphatic rings. The molecule has 78 valence electrons. The minimum Gasteiger partial charge on any atom is -0.481 e. The van der Waals surface area contributed by atoms with E-state index in [0.717, 1.165) is 19.3 Å². The van der Waals surface area contributed by atoms with Gasteiger partial charge in [-0.15, -0.1) is 0 Å². The van der Waals surface area contributed by atoms with Crippen LogP contribution in [0.15, 0.2) is 0 Å². The van der Waals surface area contributed by atoms with Crippen molar-refractivity contribution in [2.45, 2.75) is 44.6 Å². The zero-order valence-electron chi connectivity index (χ0n) is 7.71. The summed E-state index contributed by atoms with van der Waals surface area (Å²) in [5.74, 6) is -0.976. The van der Waals surface area contributed by atoms with Gasteiger partial charge < -0.3 is 10.2 Å². The molecule has 1 atom stereocenters. The first-order valence-corrected chi connectivity index (χ1v) is 4.62. The van der Waals surface area contributed by atoms with Crippen LogP contribution in [0.5, 0.6) is 0 Å². The lowest BCUT2D eigenvalue weighted by Crippen LogP contribution is -2.12. The van der Waals surface area contributed by atoms with Crippen LogP contribution in [0.3, 0.4) is 0 Å². The SMILES string of the molecule is O=C(O)CC(O)CCCCCCF. The van der Waals surface area contributed by atoms with Crippen molar-refractivity contribution >= 4 is 5.97 Å². The number of halogens is 1. The molecule has 0 fully saturated rings. The highest BCUT2D eigenvalue weighted by Gasteiger charge is 2.08. The van der Waals surface area contributed by atoms with Crippen molar-refractivity contribution in [3.8, 4) is 0 Å². The van der Waals surface area contributed by atoms with Gasteiger partial charge in [0.2, 0.25) is 0 Å². The fourth-order valence-electron chi connectivity index (χ4n) is 1.13. The van der Waals surface area contributed by atoms with E-state index in [1.165, 1.54) is 0 Å². The first-order chi connectivity index (χ1) is 6.16. The first-order valence-electron chi connectivity index (χ1n) is 4.62. The molecule has 0 amide bonds. The second kappa shape index (κ2) is 7.98. The lowest BCUT2D eigenvalue weighted by atomic mass is 10.1. The Balaban J connectivity index is 3.17. The topological polar surface area (TPSA) is 57.5 Å². The normalized spacial score (nSPS) is 12.8. The highest BCUT2D eigenvalue weighted by atomic mass is 19.1. The Kier molecular flexibility index (Phi) is 7.59. The zero-order chi connectivity index (χ0) is 10.1. The predicted octanol–water partition coefficient (Wildman–Crippen LogP) is 1.74. The van der Waals surface area contributed by atoms with Gasteiger partial charge >= 0.3 is 5.97 Å². The van der Waals surface area contributed by atoms with Crippen molar-refractivity contribution in [2.75, 3.05) is 6.67 Å². The van der Waals surface area contributed by atoms with Crippen LogP contribution in [-0.4, -0.2) is 29.0 Å². The average Bonchev–Trinajstić information content (AvgIpc) is 2.02. The van der Waals surface area contributed by atoms with Gasteiger partial charge in [0.1, 0.15) is 0 Å². The molecule has 0 aliphatic heterocycles. The van der Waals surface area contributed by atoms with Crippen LogP contribution in [0, 0.1) is 0 Å². The highest BCUT2D eigenvalue weighted by molar-refractivity contribution is 5.67. The number of rotatable bonds is 8. The number of aliphatic carboxylic acids is 1. The van der Waals surface area contributed by atoms with Crippen molar-refractivity contribution in [2.24, 2.45) is 0 Å². The average molecular weight is 192 g/mol. The van der Waals surface area contributed by atoms with Gasteiger partial charge in [0, 0.05) is 0 Å². The molecule has 0 bridgehead atoms. The summed E-state index contributed by atoms with van der Waals surface area (Å²) >= 11 is 0. The van der Waals surface area contributed by atoms with Gasteiger partial charge in [-0.1, -0.05) is 19.3 Å². The van der Waals surface area contributed by atoms with Gasteiger partial charge in [0.15, 0.2) is 0 Å². The molecule has 2 N–H and O–H groups in total. The van der Waals surface area contributed by atoms with Crippen molar-refractivity contribution in [1.29, 1.82) is 0 Å². The zero-order valence-corrected chi connectivity index (χ0v) is 7.71. The third-order valence-corrected chi connectivity index (χ3v) is 1.83. The van der Waals surface area contributed by atoms with E-state index in [4.69, 9.17) is 10.2 Å². The van der Waals surface area contributed by atoms with Crippen LogP contribution < -0.4 is 0 Å². The number of carboxylic acid groups (broad SMARTS) is 1. The van der Waals surface area contributed by atoms with E-state index in [2.05, 4.69) is 0 Å². The summed E-state index contributed by atoms with van der Waals surface area (Å²) in [6.45, 7) is -0.294. The van der Waals surface area contributed by atoms with E-state index in [1.54, 1.807) is 0 Å². The molecule has 13 heavy (non-hydrogen) atoms. The summed E-state index contributed by atoms with van der Waals surface area (Å²) < 4.78 is 11.6. The Morgan fingerprint density at radius 2 is 1.85 bits per heavy atom. The molecule has 0 saturated heterocycles. The molecule has 0 rings (SSSR count). The highest BCUT2D eigenvalue weighted by Crippen LogP contribution is 2.07. The number of alkyl halides is 1.